The zero-order valence-corrected chi connectivity index (χ0v) is 15.1. The highest BCUT2D eigenvalue weighted by Crippen LogP contribution is 2.42. The Labute approximate surface area is 151 Å². The second-order valence-corrected chi connectivity index (χ2v) is 7.57. The standard InChI is InChI=1S/C19H21N3O2S/c1-13-5-3-7-16(9-13)19-22(18(24)14(2)25-19)12-17(23)21-11-15-6-4-8-20-10-15/h3-10,14,19H,11-12H2,1-2H3,(H,21,23). The lowest BCUT2D eigenvalue weighted by Gasteiger charge is -2.24. The van der Waals surface area contributed by atoms with Gasteiger partial charge in [-0.2, -0.15) is 0 Å². The van der Waals surface area contributed by atoms with Gasteiger partial charge in [0.25, 0.3) is 0 Å². The zero-order valence-electron chi connectivity index (χ0n) is 14.3. The van der Waals surface area contributed by atoms with Crippen LogP contribution in [0.2, 0.25) is 0 Å². The lowest BCUT2D eigenvalue weighted by atomic mass is 10.1. The van der Waals surface area contributed by atoms with Crippen molar-refractivity contribution in [3.8, 4) is 0 Å². The van der Waals surface area contributed by atoms with Gasteiger partial charge in [-0.15, -0.1) is 11.8 Å². The SMILES string of the molecule is Cc1cccc(C2SC(C)C(=O)N2CC(=O)NCc2cccnc2)c1. The van der Waals surface area contributed by atoms with Crippen LogP contribution in [0, 0.1) is 6.92 Å². The predicted octanol–water partition coefficient (Wildman–Crippen LogP) is 2.67. The van der Waals surface area contributed by atoms with Crippen molar-refractivity contribution in [1.29, 1.82) is 0 Å². The minimum atomic E-state index is -0.162. The van der Waals surface area contributed by atoms with Gasteiger partial charge in [0, 0.05) is 18.9 Å². The molecule has 0 bridgehead atoms. The van der Waals surface area contributed by atoms with E-state index in [1.54, 1.807) is 29.1 Å². The monoisotopic (exact) mass is 355 g/mol. The Morgan fingerprint density at radius 2 is 2.16 bits per heavy atom. The maximum atomic E-state index is 12.5. The Morgan fingerprint density at radius 1 is 1.32 bits per heavy atom. The maximum absolute atomic E-state index is 12.5. The molecule has 2 amide bonds. The van der Waals surface area contributed by atoms with Gasteiger partial charge >= 0.3 is 0 Å². The van der Waals surface area contributed by atoms with E-state index < -0.39 is 0 Å². The van der Waals surface area contributed by atoms with Crippen molar-refractivity contribution in [3.63, 3.8) is 0 Å². The second kappa shape index (κ2) is 7.70. The summed E-state index contributed by atoms with van der Waals surface area (Å²) >= 11 is 1.59. The van der Waals surface area contributed by atoms with Crippen molar-refractivity contribution in [1.82, 2.24) is 15.2 Å². The summed E-state index contributed by atoms with van der Waals surface area (Å²) < 4.78 is 0. The predicted molar refractivity (Wildman–Crippen MR) is 98.8 cm³/mol. The van der Waals surface area contributed by atoms with E-state index in [1.165, 1.54) is 0 Å². The van der Waals surface area contributed by atoms with Crippen LogP contribution in [0.4, 0.5) is 0 Å². The van der Waals surface area contributed by atoms with E-state index in [9.17, 15) is 9.59 Å². The average molecular weight is 355 g/mol. The molecular formula is C19H21N3O2S. The van der Waals surface area contributed by atoms with Crippen LogP contribution in [0.5, 0.6) is 0 Å². The number of thioether (sulfide) groups is 1. The van der Waals surface area contributed by atoms with Gasteiger partial charge < -0.3 is 10.2 Å². The van der Waals surface area contributed by atoms with Gasteiger partial charge in [-0.25, -0.2) is 0 Å². The molecular weight excluding hydrogens is 334 g/mol. The first-order chi connectivity index (χ1) is 12.0. The molecule has 1 aromatic carbocycles. The normalized spacial score (nSPS) is 19.9. The number of rotatable bonds is 5. The van der Waals surface area contributed by atoms with Crippen molar-refractivity contribution < 1.29 is 9.59 Å². The molecule has 1 fully saturated rings. The molecule has 130 valence electrons. The number of amides is 2. The highest BCUT2D eigenvalue weighted by molar-refractivity contribution is 8.01. The number of benzene rings is 1. The molecule has 1 saturated heterocycles. The van der Waals surface area contributed by atoms with Crippen LogP contribution in [0.1, 0.15) is 29.0 Å². The number of hydrogen-bond donors (Lipinski definition) is 1. The van der Waals surface area contributed by atoms with Crippen LogP contribution in [-0.2, 0) is 16.1 Å². The summed E-state index contributed by atoms with van der Waals surface area (Å²) in [7, 11) is 0. The zero-order chi connectivity index (χ0) is 17.8. The summed E-state index contributed by atoms with van der Waals surface area (Å²) in [5.41, 5.74) is 3.13. The number of aryl methyl sites for hydroxylation is 1. The summed E-state index contributed by atoms with van der Waals surface area (Å²) in [6.07, 6.45) is 3.41. The van der Waals surface area contributed by atoms with Crippen LogP contribution in [0.15, 0.2) is 48.8 Å². The van der Waals surface area contributed by atoms with Crippen molar-refractivity contribution in [2.75, 3.05) is 6.54 Å². The molecule has 1 aliphatic rings. The van der Waals surface area contributed by atoms with Crippen LogP contribution in [-0.4, -0.2) is 33.5 Å². The van der Waals surface area contributed by atoms with E-state index in [1.807, 2.05) is 44.2 Å². The van der Waals surface area contributed by atoms with Crippen LogP contribution in [0.25, 0.3) is 0 Å². The molecule has 0 radical (unpaired) electrons. The van der Waals surface area contributed by atoms with E-state index in [0.29, 0.717) is 6.54 Å². The molecule has 1 aliphatic heterocycles. The van der Waals surface area contributed by atoms with Crippen molar-refractivity contribution in [3.05, 3.63) is 65.5 Å². The van der Waals surface area contributed by atoms with Crippen LogP contribution in [0.3, 0.4) is 0 Å². The Hall–Kier alpha value is -2.34. The Balaban J connectivity index is 1.67. The fourth-order valence-electron chi connectivity index (χ4n) is 2.83. The lowest BCUT2D eigenvalue weighted by molar-refractivity contribution is -0.135. The molecule has 0 spiro atoms. The number of pyridine rings is 1. The van der Waals surface area contributed by atoms with E-state index >= 15 is 0 Å². The lowest BCUT2D eigenvalue weighted by Crippen LogP contribution is -2.40. The van der Waals surface area contributed by atoms with Gasteiger partial charge in [0.1, 0.15) is 11.9 Å². The Morgan fingerprint density at radius 3 is 2.88 bits per heavy atom. The minimum absolute atomic E-state index is 0.00744. The number of aromatic nitrogens is 1. The number of carbonyl (C=O) groups is 2. The van der Waals surface area contributed by atoms with Gasteiger partial charge in [-0.3, -0.25) is 14.6 Å². The van der Waals surface area contributed by atoms with E-state index in [2.05, 4.69) is 16.4 Å². The molecule has 2 atom stereocenters. The van der Waals surface area contributed by atoms with E-state index in [-0.39, 0.29) is 29.0 Å². The summed E-state index contributed by atoms with van der Waals surface area (Å²) in [6, 6.07) is 11.8. The minimum Gasteiger partial charge on any atom is -0.350 e. The number of nitrogens with one attached hydrogen (secondary N) is 1. The Bertz CT molecular complexity index is 766. The maximum Gasteiger partial charge on any atom is 0.239 e. The summed E-state index contributed by atoms with van der Waals surface area (Å²) in [5.74, 6) is -0.155. The highest BCUT2D eigenvalue weighted by Gasteiger charge is 2.39. The topological polar surface area (TPSA) is 62.3 Å². The average Bonchev–Trinajstić information content (AvgIpc) is 2.89. The van der Waals surface area contributed by atoms with Gasteiger partial charge in [0.15, 0.2) is 0 Å². The van der Waals surface area contributed by atoms with E-state index in [0.717, 1.165) is 16.7 Å². The molecule has 1 aromatic heterocycles. The fraction of sp³-hybridized carbons (Fsp3) is 0.316. The first-order valence-electron chi connectivity index (χ1n) is 8.22. The summed E-state index contributed by atoms with van der Waals surface area (Å²) in [6.45, 7) is 4.39. The van der Waals surface area contributed by atoms with E-state index in [4.69, 9.17) is 0 Å². The van der Waals surface area contributed by atoms with Crippen LogP contribution >= 0.6 is 11.8 Å². The highest BCUT2D eigenvalue weighted by atomic mass is 32.2. The second-order valence-electron chi connectivity index (χ2n) is 6.15. The van der Waals surface area contributed by atoms with Gasteiger partial charge in [-0.05, 0) is 31.0 Å². The molecule has 2 aromatic rings. The first-order valence-corrected chi connectivity index (χ1v) is 9.17. The fourth-order valence-corrected chi connectivity index (χ4v) is 4.10. The molecule has 1 N–H and O–H groups in total. The molecule has 2 heterocycles. The number of carbonyl (C=O) groups excluding carboxylic acids is 2. The molecule has 0 saturated carbocycles. The van der Waals surface area contributed by atoms with Gasteiger partial charge in [0.2, 0.25) is 11.8 Å². The number of hydrogen-bond acceptors (Lipinski definition) is 4. The molecule has 25 heavy (non-hydrogen) atoms. The quantitative estimate of drug-likeness (QED) is 0.896. The third kappa shape index (κ3) is 4.20. The van der Waals surface area contributed by atoms with Gasteiger partial charge in [0.05, 0.1) is 5.25 Å². The molecule has 3 rings (SSSR count). The third-order valence-corrected chi connectivity index (χ3v) is 5.49. The molecule has 6 heteroatoms. The van der Waals surface area contributed by atoms with Crippen LogP contribution < -0.4 is 5.32 Å². The molecule has 0 aliphatic carbocycles. The third-order valence-electron chi connectivity index (χ3n) is 4.10. The van der Waals surface area contributed by atoms with Crippen molar-refractivity contribution in [2.45, 2.75) is 31.0 Å². The number of nitrogens with zero attached hydrogens (tertiary/aromatic N) is 2. The summed E-state index contributed by atoms with van der Waals surface area (Å²) in [4.78, 5) is 30.5. The summed E-state index contributed by atoms with van der Waals surface area (Å²) in [5, 5.41) is 2.60. The first kappa shape index (κ1) is 17.5. The smallest absolute Gasteiger partial charge is 0.239 e. The Kier molecular flexibility index (Phi) is 5.38. The van der Waals surface area contributed by atoms with Crippen molar-refractivity contribution >= 4 is 23.6 Å². The molecule has 5 nitrogen and oxygen atoms in total. The van der Waals surface area contributed by atoms with Gasteiger partial charge in [-0.1, -0.05) is 35.9 Å². The largest absolute Gasteiger partial charge is 0.350 e. The molecule has 2 unspecified atom stereocenters. The van der Waals surface area contributed by atoms with Crippen molar-refractivity contribution in [2.24, 2.45) is 0 Å².